The third-order valence-electron chi connectivity index (χ3n) is 2.52. The van der Waals surface area contributed by atoms with E-state index < -0.39 is 0 Å². The number of hydrogen-bond acceptors (Lipinski definition) is 4. The largest absolute Gasteiger partial charge is 0.390 e. The third-order valence-corrected chi connectivity index (χ3v) is 3.51. The first-order chi connectivity index (χ1) is 8.22. The molecule has 4 nitrogen and oxygen atoms in total. The van der Waals surface area contributed by atoms with Crippen LogP contribution in [0, 0.1) is 0 Å². The van der Waals surface area contributed by atoms with Gasteiger partial charge in [-0.05, 0) is 26.2 Å². The van der Waals surface area contributed by atoms with Crippen molar-refractivity contribution in [1.82, 2.24) is 14.3 Å². The molecule has 5 heteroatoms. The summed E-state index contributed by atoms with van der Waals surface area (Å²) in [4.78, 5) is 6.67. The average molecular weight is 251 g/mol. The molecule has 92 valence electrons. The van der Waals surface area contributed by atoms with E-state index in [1.54, 1.807) is 11.8 Å². The molecule has 0 bridgehead atoms. The second-order valence-corrected chi connectivity index (χ2v) is 5.19. The van der Waals surface area contributed by atoms with E-state index in [0.29, 0.717) is 0 Å². The minimum Gasteiger partial charge on any atom is -0.390 e. The lowest BCUT2D eigenvalue weighted by Gasteiger charge is -2.07. The fourth-order valence-corrected chi connectivity index (χ4v) is 2.75. The zero-order chi connectivity index (χ0) is 12.3. The Bertz CT molecular complexity index is 495. The second kappa shape index (κ2) is 5.53. The van der Waals surface area contributed by atoms with Gasteiger partial charge in [-0.2, -0.15) is 0 Å². The molecule has 0 atom stereocenters. The van der Waals surface area contributed by atoms with Crippen LogP contribution in [0.4, 0.5) is 0 Å². The molecule has 17 heavy (non-hydrogen) atoms. The summed E-state index contributed by atoms with van der Waals surface area (Å²) in [5, 5.41) is 10.4. The van der Waals surface area contributed by atoms with Crippen molar-refractivity contribution in [2.24, 2.45) is 0 Å². The molecule has 0 aliphatic heterocycles. The minimum absolute atomic E-state index is 0.0233. The fraction of sp³-hybridized carbons (Fsp3) is 0.417. The summed E-state index contributed by atoms with van der Waals surface area (Å²) >= 11 is 1.69. The first-order valence-corrected chi connectivity index (χ1v) is 6.55. The number of imidazole rings is 1. The van der Waals surface area contributed by atoms with Gasteiger partial charge in [0.1, 0.15) is 10.7 Å². The summed E-state index contributed by atoms with van der Waals surface area (Å²) in [6, 6.07) is 5.86. The number of fused-ring (bicyclic) bond motifs is 1. The van der Waals surface area contributed by atoms with Gasteiger partial charge in [-0.1, -0.05) is 6.07 Å². The van der Waals surface area contributed by atoms with Crippen LogP contribution in [0.25, 0.3) is 5.65 Å². The number of nitrogens with zero attached hydrogens (tertiary/aromatic N) is 3. The lowest BCUT2D eigenvalue weighted by molar-refractivity contribution is 0.272. The van der Waals surface area contributed by atoms with Crippen LogP contribution < -0.4 is 0 Å². The van der Waals surface area contributed by atoms with Crippen LogP contribution in [0.15, 0.2) is 29.4 Å². The maximum atomic E-state index is 9.43. The fourth-order valence-electron chi connectivity index (χ4n) is 1.61. The van der Waals surface area contributed by atoms with Crippen LogP contribution in [0.3, 0.4) is 0 Å². The van der Waals surface area contributed by atoms with Gasteiger partial charge in [0.25, 0.3) is 0 Å². The van der Waals surface area contributed by atoms with Crippen LogP contribution in [-0.4, -0.2) is 45.8 Å². The topological polar surface area (TPSA) is 40.8 Å². The first kappa shape index (κ1) is 12.4. The number of aliphatic hydroxyl groups is 1. The van der Waals surface area contributed by atoms with E-state index in [-0.39, 0.29) is 6.61 Å². The smallest absolute Gasteiger partial charge is 0.138 e. The van der Waals surface area contributed by atoms with E-state index >= 15 is 0 Å². The summed E-state index contributed by atoms with van der Waals surface area (Å²) in [7, 11) is 4.11. The molecular formula is C12H17N3OS. The van der Waals surface area contributed by atoms with E-state index in [0.717, 1.165) is 28.7 Å². The summed E-state index contributed by atoms with van der Waals surface area (Å²) < 4.78 is 1.94. The molecule has 0 radical (unpaired) electrons. The van der Waals surface area contributed by atoms with Gasteiger partial charge >= 0.3 is 0 Å². The lowest BCUT2D eigenvalue weighted by Crippen LogP contribution is -2.14. The average Bonchev–Trinajstić information content (AvgIpc) is 2.66. The van der Waals surface area contributed by atoms with E-state index in [2.05, 4.69) is 24.0 Å². The number of hydrogen-bond donors (Lipinski definition) is 1. The Morgan fingerprint density at radius 1 is 1.41 bits per heavy atom. The van der Waals surface area contributed by atoms with Gasteiger partial charge in [0.05, 0.1) is 12.3 Å². The highest BCUT2D eigenvalue weighted by atomic mass is 32.2. The normalized spacial score (nSPS) is 11.5. The molecular weight excluding hydrogens is 234 g/mol. The summed E-state index contributed by atoms with van der Waals surface area (Å²) in [6.07, 6.45) is 1.93. The molecule has 2 rings (SSSR count). The highest BCUT2D eigenvalue weighted by Crippen LogP contribution is 2.23. The van der Waals surface area contributed by atoms with Crippen LogP contribution in [0.2, 0.25) is 0 Å². The van der Waals surface area contributed by atoms with Gasteiger partial charge in [-0.15, -0.1) is 11.8 Å². The molecule has 0 fully saturated rings. The summed E-state index contributed by atoms with van der Waals surface area (Å²) in [5.74, 6) is 0.976. The van der Waals surface area contributed by atoms with Crippen molar-refractivity contribution >= 4 is 17.4 Å². The van der Waals surface area contributed by atoms with E-state index in [9.17, 15) is 5.11 Å². The van der Waals surface area contributed by atoms with Gasteiger partial charge in [-0.25, -0.2) is 4.98 Å². The molecule has 0 saturated carbocycles. The Hall–Kier alpha value is -1.04. The molecule has 0 unspecified atom stereocenters. The predicted octanol–water partition coefficient (Wildman–Crippen LogP) is 1.48. The quantitative estimate of drug-likeness (QED) is 0.817. The molecule has 0 spiro atoms. The zero-order valence-electron chi connectivity index (χ0n) is 10.1. The Balaban J connectivity index is 2.21. The summed E-state index contributed by atoms with van der Waals surface area (Å²) in [5.41, 5.74) is 1.77. The van der Waals surface area contributed by atoms with Crippen molar-refractivity contribution in [3.8, 4) is 0 Å². The monoisotopic (exact) mass is 251 g/mol. The maximum absolute atomic E-state index is 9.43. The van der Waals surface area contributed by atoms with Crippen LogP contribution >= 0.6 is 11.8 Å². The Morgan fingerprint density at radius 2 is 2.24 bits per heavy atom. The van der Waals surface area contributed by atoms with Gasteiger partial charge < -0.3 is 14.4 Å². The zero-order valence-corrected chi connectivity index (χ0v) is 10.9. The van der Waals surface area contributed by atoms with Gasteiger partial charge in [0.2, 0.25) is 0 Å². The van der Waals surface area contributed by atoms with Crippen molar-refractivity contribution in [3.05, 3.63) is 30.1 Å². The number of aromatic nitrogens is 2. The van der Waals surface area contributed by atoms with Gasteiger partial charge in [0, 0.05) is 18.5 Å². The van der Waals surface area contributed by atoms with Crippen LogP contribution in [0.5, 0.6) is 0 Å². The van der Waals surface area contributed by atoms with Crippen molar-refractivity contribution < 1.29 is 5.11 Å². The Kier molecular flexibility index (Phi) is 4.04. The minimum atomic E-state index is 0.0233. The molecule has 2 aromatic rings. The van der Waals surface area contributed by atoms with Crippen molar-refractivity contribution in [3.63, 3.8) is 0 Å². The molecule has 0 saturated heterocycles. The van der Waals surface area contributed by atoms with Gasteiger partial charge in [0.15, 0.2) is 0 Å². The third kappa shape index (κ3) is 2.80. The molecule has 0 aliphatic carbocycles. The lowest BCUT2D eigenvalue weighted by atomic mass is 10.4. The Morgan fingerprint density at radius 3 is 2.94 bits per heavy atom. The van der Waals surface area contributed by atoms with E-state index in [1.165, 1.54) is 0 Å². The van der Waals surface area contributed by atoms with Crippen molar-refractivity contribution in [2.45, 2.75) is 11.6 Å². The summed E-state index contributed by atoms with van der Waals surface area (Å²) in [6.45, 7) is 1.03. The highest BCUT2D eigenvalue weighted by Gasteiger charge is 2.10. The molecule has 2 aromatic heterocycles. The first-order valence-electron chi connectivity index (χ1n) is 5.56. The van der Waals surface area contributed by atoms with Crippen molar-refractivity contribution in [1.29, 1.82) is 0 Å². The molecule has 2 heterocycles. The molecule has 0 aromatic carbocycles. The van der Waals surface area contributed by atoms with Gasteiger partial charge in [-0.3, -0.25) is 0 Å². The molecule has 0 aliphatic rings. The van der Waals surface area contributed by atoms with Crippen LogP contribution in [-0.2, 0) is 6.61 Å². The molecule has 0 amide bonds. The standard InChI is InChI=1S/C12H17N3OS/c1-14(2)7-8-17-12-10(9-16)15-6-4-3-5-11(15)13-12/h3-6,16H,7-9H2,1-2H3. The highest BCUT2D eigenvalue weighted by molar-refractivity contribution is 7.99. The number of thioether (sulfide) groups is 1. The molecule has 1 N–H and O–H groups in total. The Labute approximate surface area is 105 Å². The second-order valence-electron chi connectivity index (χ2n) is 4.10. The number of aliphatic hydroxyl groups excluding tert-OH is 1. The predicted molar refractivity (Wildman–Crippen MR) is 70.4 cm³/mol. The maximum Gasteiger partial charge on any atom is 0.138 e. The number of rotatable bonds is 5. The van der Waals surface area contributed by atoms with Crippen LogP contribution in [0.1, 0.15) is 5.69 Å². The van der Waals surface area contributed by atoms with E-state index in [1.807, 2.05) is 28.8 Å². The number of pyridine rings is 1. The SMILES string of the molecule is CN(C)CCSc1nc2ccccn2c1CO. The van der Waals surface area contributed by atoms with Crippen molar-refractivity contribution in [2.75, 3.05) is 26.4 Å². The van der Waals surface area contributed by atoms with E-state index in [4.69, 9.17) is 0 Å².